The molecule has 1 amide bonds. The summed E-state index contributed by atoms with van der Waals surface area (Å²) in [5, 5.41) is 3.01. The molecule has 0 atom stereocenters. The van der Waals surface area contributed by atoms with E-state index < -0.39 is 0 Å². The van der Waals surface area contributed by atoms with Gasteiger partial charge in [-0.15, -0.1) is 0 Å². The molecule has 0 bridgehead atoms. The van der Waals surface area contributed by atoms with Gasteiger partial charge >= 0.3 is 0 Å². The zero-order chi connectivity index (χ0) is 14.5. The molecule has 3 nitrogen and oxygen atoms in total. The minimum atomic E-state index is 0.0862. The highest BCUT2D eigenvalue weighted by Gasteiger charge is 2.19. The van der Waals surface area contributed by atoms with E-state index in [1.807, 2.05) is 12.1 Å². The summed E-state index contributed by atoms with van der Waals surface area (Å²) >= 11 is 0. The van der Waals surface area contributed by atoms with Crippen molar-refractivity contribution >= 4 is 11.6 Å². The van der Waals surface area contributed by atoms with Gasteiger partial charge in [-0.05, 0) is 57.0 Å². The van der Waals surface area contributed by atoms with Gasteiger partial charge in [0.2, 0.25) is 5.91 Å². The fraction of sp³-hybridized carbons (Fsp3) is 0.588. The Labute approximate surface area is 122 Å². The first-order chi connectivity index (χ1) is 9.54. The maximum atomic E-state index is 12.1. The van der Waals surface area contributed by atoms with E-state index in [-0.39, 0.29) is 5.91 Å². The van der Waals surface area contributed by atoms with Crippen LogP contribution in [0.2, 0.25) is 0 Å². The molecule has 1 fully saturated rings. The molecule has 1 aliphatic rings. The molecule has 0 aliphatic heterocycles. The molecule has 3 heteroatoms. The molecule has 110 valence electrons. The van der Waals surface area contributed by atoms with Gasteiger partial charge in [0.25, 0.3) is 0 Å². The second kappa shape index (κ2) is 6.89. The predicted octanol–water partition coefficient (Wildman–Crippen LogP) is 3.51. The lowest BCUT2D eigenvalue weighted by atomic mass is 9.94. The Balaban J connectivity index is 1.88. The lowest BCUT2D eigenvalue weighted by molar-refractivity contribution is -0.117. The van der Waals surface area contributed by atoms with Gasteiger partial charge in [0.15, 0.2) is 0 Å². The van der Waals surface area contributed by atoms with E-state index in [0.717, 1.165) is 5.69 Å². The lowest BCUT2D eigenvalue weighted by Crippen LogP contribution is -2.39. The van der Waals surface area contributed by atoms with Crippen molar-refractivity contribution in [1.82, 2.24) is 4.90 Å². The summed E-state index contributed by atoms with van der Waals surface area (Å²) in [5.74, 6) is 0.0862. The Hall–Kier alpha value is -1.35. The molecule has 0 spiro atoms. The Morgan fingerprint density at radius 1 is 1.15 bits per heavy atom. The Bertz CT molecular complexity index is 444. The van der Waals surface area contributed by atoms with Crippen molar-refractivity contribution in [3.8, 4) is 0 Å². The number of carbonyl (C=O) groups excluding carboxylic acids is 1. The number of nitrogens with zero attached hydrogens (tertiary/aromatic N) is 1. The van der Waals surface area contributed by atoms with Crippen LogP contribution in [0.3, 0.4) is 0 Å². The van der Waals surface area contributed by atoms with E-state index in [9.17, 15) is 4.79 Å². The highest BCUT2D eigenvalue weighted by atomic mass is 16.2. The summed E-state index contributed by atoms with van der Waals surface area (Å²) in [5.41, 5.74) is 3.27. The molecule has 1 aromatic rings. The van der Waals surface area contributed by atoms with Crippen LogP contribution in [0.1, 0.15) is 43.2 Å². The van der Waals surface area contributed by atoms with Crippen molar-refractivity contribution in [1.29, 1.82) is 0 Å². The quantitative estimate of drug-likeness (QED) is 0.911. The second-order valence-corrected chi connectivity index (χ2v) is 6.13. The first-order valence-corrected chi connectivity index (χ1v) is 7.63. The normalized spacial score (nSPS) is 16.4. The third kappa shape index (κ3) is 4.34. The Kier molecular flexibility index (Phi) is 5.18. The number of amides is 1. The summed E-state index contributed by atoms with van der Waals surface area (Å²) in [6.45, 7) is 4.59. The molecule has 20 heavy (non-hydrogen) atoms. The largest absolute Gasteiger partial charge is 0.325 e. The number of anilines is 1. The standard InChI is InChI=1S/C17H26N2O/c1-13-9-14(2)11-15(10-13)18-17(20)12-19(3)16-7-5-4-6-8-16/h9-11,16H,4-8,12H2,1-3H3,(H,18,20). The molecule has 1 saturated carbocycles. The SMILES string of the molecule is Cc1cc(C)cc(NC(=O)CN(C)C2CCCCC2)c1. The van der Waals surface area contributed by atoms with Gasteiger partial charge in [0.05, 0.1) is 6.54 Å². The van der Waals surface area contributed by atoms with E-state index in [1.54, 1.807) is 0 Å². The Morgan fingerprint density at radius 3 is 2.35 bits per heavy atom. The number of likely N-dealkylation sites (N-methyl/N-ethyl adjacent to an activating group) is 1. The number of rotatable bonds is 4. The van der Waals surface area contributed by atoms with Crippen LogP contribution >= 0.6 is 0 Å². The van der Waals surface area contributed by atoms with E-state index in [0.29, 0.717) is 12.6 Å². The lowest BCUT2D eigenvalue weighted by Gasteiger charge is -2.30. The van der Waals surface area contributed by atoms with Crippen molar-refractivity contribution < 1.29 is 4.79 Å². The van der Waals surface area contributed by atoms with Gasteiger partial charge in [-0.2, -0.15) is 0 Å². The minimum Gasteiger partial charge on any atom is -0.325 e. The molecule has 0 radical (unpaired) electrons. The molecule has 1 N–H and O–H groups in total. The molecule has 0 aromatic heterocycles. The monoisotopic (exact) mass is 274 g/mol. The maximum absolute atomic E-state index is 12.1. The van der Waals surface area contributed by atoms with Crippen LogP contribution in [-0.4, -0.2) is 30.4 Å². The average Bonchev–Trinajstić information content (AvgIpc) is 2.38. The highest BCUT2D eigenvalue weighted by molar-refractivity contribution is 5.92. The summed E-state index contributed by atoms with van der Waals surface area (Å²) in [7, 11) is 2.07. The Morgan fingerprint density at radius 2 is 1.75 bits per heavy atom. The number of hydrogen-bond donors (Lipinski definition) is 1. The first kappa shape index (κ1) is 15.0. The summed E-state index contributed by atoms with van der Waals surface area (Å²) in [6.07, 6.45) is 6.40. The minimum absolute atomic E-state index is 0.0862. The van der Waals surface area contributed by atoms with Crippen LogP contribution in [0.25, 0.3) is 0 Å². The molecule has 0 heterocycles. The predicted molar refractivity (Wildman–Crippen MR) is 84.0 cm³/mol. The summed E-state index contributed by atoms with van der Waals surface area (Å²) < 4.78 is 0. The van der Waals surface area contributed by atoms with Gasteiger partial charge in [0.1, 0.15) is 0 Å². The zero-order valence-corrected chi connectivity index (χ0v) is 12.9. The van der Waals surface area contributed by atoms with E-state index >= 15 is 0 Å². The second-order valence-electron chi connectivity index (χ2n) is 6.13. The maximum Gasteiger partial charge on any atom is 0.238 e. The van der Waals surface area contributed by atoms with Crippen molar-refractivity contribution in [3.63, 3.8) is 0 Å². The van der Waals surface area contributed by atoms with Crippen molar-refractivity contribution in [3.05, 3.63) is 29.3 Å². The number of nitrogens with one attached hydrogen (secondary N) is 1. The summed E-state index contributed by atoms with van der Waals surface area (Å²) in [4.78, 5) is 14.3. The van der Waals surface area contributed by atoms with Crippen LogP contribution in [0, 0.1) is 13.8 Å². The number of aryl methyl sites for hydroxylation is 2. The van der Waals surface area contributed by atoms with Crippen molar-refractivity contribution in [2.24, 2.45) is 0 Å². The van der Waals surface area contributed by atoms with Crippen LogP contribution < -0.4 is 5.32 Å². The number of benzene rings is 1. The average molecular weight is 274 g/mol. The third-order valence-corrected chi connectivity index (χ3v) is 4.10. The highest BCUT2D eigenvalue weighted by Crippen LogP contribution is 2.21. The van der Waals surface area contributed by atoms with E-state index in [2.05, 4.69) is 37.2 Å². The van der Waals surface area contributed by atoms with E-state index in [1.165, 1.54) is 43.2 Å². The molecule has 0 unspecified atom stereocenters. The topological polar surface area (TPSA) is 32.3 Å². The number of carbonyl (C=O) groups is 1. The molecular formula is C17H26N2O. The van der Waals surface area contributed by atoms with Crippen molar-refractivity contribution in [2.75, 3.05) is 18.9 Å². The molecule has 1 aliphatic carbocycles. The van der Waals surface area contributed by atoms with Crippen LogP contribution in [-0.2, 0) is 4.79 Å². The first-order valence-electron chi connectivity index (χ1n) is 7.63. The van der Waals surface area contributed by atoms with Gasteiger partial charge in [-0.25, -0.2) is 0 Å². The molecular weight excluding hydrogens is 248 g/mol. The number of hydrogen-bond acceptors (Lipinski definition) is 2. The summed E-state index contributed by atoms with van der Waals surface area (Å²) in [6, 6.07) is 6.73. The van der Waals surface area contributed by atoms with Crippen LogP contribution in [0.15, 0.2) is 18.2 Å². The smallest absolute Gasteiger partial charge is 0.238 e. The van der Waals surface area contributed by atoms with Gasteiger partial charge in [-0.1, -0.05) is 25.3 Å². The van der Waals surface area contributed by atoms with Crippen molar-refractivity contribution in [2.45, 2.75) is 52.0 Å². The van der Waals surface area contributed by atoms with Crippen LogP contribution in [0.4, 0.5) is 5.69 Å². The molecule has 0 saturated heterocycles. The van der Waals surface area contributed by atoms with Gasteiger partial charge in [0, 0.05) is 11.7 Å². The van der Waals surface area contributed by atoms with E-state index in [4.69, 9.17) is 0 Å². The fourth-order valence-electron chi connectivity index (χ4n) is 3.12. The fourth-order valence-corrected chi connectivity index (χ4v) is 3.12. The van der Waals surface area contributed by atoms with Gasteiger partial charge in [-0.3, -0.25) is 9.69 Å². The van der Waals surface area contributed by atoms with Crippen LogP contribution in [0.5, 0.6) is 0 Å². The third-order valence-electron chi connectivity index (χ3n) is 4.10. The zero-order valence-electron chi connectivity index (χ0n) is 12.9. The van der Waals surface area contributed by atoms with Gasteiger partial charge < -0.3 is 5.32 Å². The molecule has 1 aromatic carbocycles. The molecule has 2 rings (SSSR count).